The molecular formula is C15H23IN4O2. The number of fused-ring (bicyclic) bond motifs is 1. The van der Waals surface area contributed by atoms with Crippen molar-refractivity contribution in [2.75, 3.05) is 18.5 Å². The zero-order chi connectivity index (χ0) is 15.2. The predicted octanol–water partition coefficient (Wildman–Crippen LogP) is 1.88. The van der Waals surface area contributed by atoms with Gasteiger partial charge in [-0.15, -0.1) is 24.0 Å². The summed E-state index contributed by atoms with van der Waals surface area (Å²) >= 11 is 0. The topological polar surface area (TPSA) is 88.7 Å². The SMILES string of the molecule is CC(C)NC(N)=NCCOc1ccc2c(c1)CCC(=O)N2.I. The van der Waals surface area contributed by atoms with Crippen LogP contribution in [0.4, 0.5) is 5.69 Å². The third kappa shape index (κ3) is 5.70. The van der Waals surface area contributed by atoms with Crippen LogP contribution in [0.2, 0.25) is 0 Å². The molecule has 0 aliphatic carbocycles. The van der Waals surface area contributed by atoms with Gasteiger partial charge in [0.25, 0.3) is 0 Å². The first-order chi connectivity index (χ1) is 10.0. The van der Waals surface area contributed by atoms with Crippen LogP contribution in [-0.4, -0.2) is 31.1 Å². The molecule has 1 aromatic carbocycles. The summed E-state index contributed by atoms with van der Waals surface area (Å²) in [5.74, 6) is 1.29. The molecule has 0 unspecified atom stereocenters. The van der Waals surface area contributed by atoms with Crippen molar-refractivity contribution in [2.24, 2.45) is 10.7 Å². The van der Waals surface area contributed by atoms with Crippen LogP contribution in [-0.2, 0) is 11.2 Å². The monoisotopic (exact) mass is 418 g/mol. The molecule has 6 nitrogen and oxygen atoms in total. The number of carbonyl (C=O) groups is 1. The first-order valence-electron chi connectivity index (χ1n) is 7.16. The highest BCUT2D eigenvalue weighted by Gasteiger charge is 2.14. The fraction of sp³-hybridized carbons (Fsp3) is 0.467. The van der Waals surface area contributed by atoms with Crippen molar-refractivity contribution in [1.82, 2.24) is 5.32 Å². The lowest BCUT2D eigenvalue weighted by atomic mass is 10.0. The number of aliphatic imine (C=N–C) groups is 1. The quantitative estimate of drug-likeness (QED) is 0.295. The molecule has 7 heteroatoms. The van der Waals surface area contributed by atoms with E-state index in [1.54, 1.807) is 0 Å². The molecule has 0 bridgehead atoms. The van der Waals surface area contributed by atoms with Gasteiger partial charge in [-0.2, -0.15) is 0 Å². The number of nitrogens with zero attached hydrogens (tertiary/aromatic N) is 1. The van der Waals surface area contributed by atoms with E-state index in [9.17, 15) is 4.79 Å². The zero-order valence-electron chi connectivity index (χ0n) is 12.9. The predicted molar refractivity (Wildman–Crippen MR) is 99.1 cm³/mol. The van der Waals surface area contributed by atoms with Crippen molar-refractivity contribution in [2.45, 2.75) is 32.7 Å². The Bertz CT molecular complexity index is 546. The summed E-state index contributed by atoms with van der Waals surface area (Å²) in [6.45, 7) is 4.97. The van der Waals surface area contributed by atoms with E-state index in [-0.39, 0.29) is 35.9 Å². The normalized spacial score (nSPS) is 14.0. The Hall–Kier alpha value is -1.51. The molecule has 0 atom stereocenters. The molecular weight excluding hydrogens is 395 g/mol. The summed E-state index contributed by atoms with van der Waals surface area (Å²) in [4.78, 5) is 15.5. The van der Waals surface area contributed by atoms with Crippen LogP contribution >= 0.6 is 24.0 Å². The highest BCUT2D eigenvalue weighted by Crippen LogP contribution is 2.26. The van der Waals surface area contributed by atoms with Gasteiger partial charge in [-0.1, -0.05) is 0 Å². The number of hydrogen-bond donors (Lipinski definition) is 3. The first kappa shape index (κ1) is 18.5. The van der Waals surface area contributed by atoms with Gasteiger partial charge in [-0.3, -0.25) is 4.79 Å². The second-order valence-corrected chi connectivity index (χ2v) is 5.28. The molecule has 1 aliphatic rings. The average molecular weight is 418 g/mol. The number of halogens is 1. The Labute approximate surface area is 147 Å². The van der Waals surface area contributed by atoms with Gasteiger partial charge in [0.15, 0.2) is 5.96 Å². The lowest BCUT2D eigenvalue weighted by Crippen LogP contribution is -2.37. The molecule has 1 amide bonds. The lowest BCUT2D eigenvalue weighted by molar-refractivity contribution is -0.116. The number of amides is 1. The van der Waals surface area contributed by atoms with Crippen molar-refractivity contribution in [3.05, 3.63) is 23.8 Å². The summed E-state index contributed by atoms with van der Waals surface area (Å²) in [6.07, 6.45) is 1.28. The van der Waals surface area contributed by atoms with Crippen LogP contribution in [0.25, 0.3) is 0 Å². The Balaban J connectivity index is 0.00000242. The molecule has 2 rings (SSSR count). The number of ether oxygens (including phenoxy) is 1. The lowest BCUT2D eigenvalue weighted by Gasteiger charge is -2.17. The van der Waals surface area contributed by atoms with Crippen LogP contribution in [0, 0.1) is 0 Å². The molecule has 22 heavy (non-hydrogen) atoms. The average Bonchev–Trinajstić information content (AvgIpc) is 2.43. The third-order valence-electron chi connectivity index (χ3n) is 3.05. The first-order valence-corrected chi connectivity index (χ1v) is 7.16. The molecule has 0 saturated carbocycles. The van der Waals surface area contributed by atoms with Crippen LogP contribution < -0.4 is 21.1 Å². The number of benzene rings is 1. The molecule has 122 valence electrons. The highest BCUT2D eigenvalue weighted by molar-refractivity contribution is 14.0. The summed E-state index contributed by atoms with van der Waals surface area (Å²) in [5, 5.41) is 5.86. The van der Waals surface area contributed by atoms with Crippen molar-refractivity contribution in [3.63, 3.8) is 0 Å². The summed E-state index contributed by atoms with van der Waals surface area (Å²) in [7, 11) is 0. The number of rotatable bonds is 5. The number of aryl methyl sites for hydroxylation is 1. The Morgan fingerprint density at radius 3 is 2.95 bits per heavy atom. The second-order valence-electron chi connectivity index (χ2n) is 5.28. The maximum absolute atomic E-state index is 11.3. The number of carbonyl (C=O) groups excluding carboxylic acids is 1. The standard InChI is InChI=1S/C15H22N4O2.HI/c1-10(2)18-15(16)17-7-8-21-12-4-5-13-11(9-12)3-6-14(20)19-13;/h4-5,9-10H,3,6-8H2,1-2H3,(H,19,20)(H3,16,17,18);1H. The number of hydrogen-bond acceptors (Lipinski definition) is 3. The molecule has 0 spiro atoms. The molecule has 4 N–H and O–H groups in total. The summed E-state index contributed by atoms with van der Waals surface area (Å²) in [5.41, 5.74) is 7.69. The van der Waals surface area contributed by atoms with Gasteiger partial charge in [0, 0.05) is 18.2 Å². The van der Waals surface area contributed by atoms with Gasteiger partial charge in [0.1, 0.15) is 12.4 Å². The molecule has 0 aromatic heterocycles. The maximum Gasteiger partial charge on any atom is 0.224 e. The number of nitrogens with two attached hydrogens (primary N) is 1. The van der Waals surface area contributed by atoms with Gasteiger partial charge >= 0.3 is 0 Å². The summed E-state index contributed by atoms with van der Waals surface area (Å²) < 4.78 is 5.65. The smallest absolute Gasteiger partial charge is 0.224 e. The zero-order valence-corrected chi connectivity index (χ0v) is 15.2. The Morgan fingerprint density at radius 2 is 2.23 bits per heavy atom. The molecule has 1 heterocycles. The van der Waals surface area contributed by atoms with Gasteiger partial charge < -0.3 is 21.1 Å². The minimum atomic E-state index is 0. The van der Waals surface area contributed by atoms with Gasteiger partial charge in [-0.25, -0.2) is 4.99 Å². The van der Waals surface area contributed by atoms with E-state index in [0.717, 1.165) is 23.4 Å². The molecule has 1 aromatic rings. The summed E-state index contributed by atoms with van der Waals surface area (Å²) in [6, 6.07) is 5.96. The van der Waals surface area contributed by atoms with Crippen LogP contribution in [0.15, 0.2) is 23.2 Å². The number of guanidine groups is 1. The van der Waals surface area contributed by atoms with E-state index in [0.29, 0.717) is 25.5 Å². The van der Waals surface area contributed by atoms with Crippen molar-refractivity contribution < 1.29 is 9.53 Å². The van der Waals surface area contributed by atoms with E-state index < -0.39 is 0 Å². The Kier molecular flexibility index (Phi) is 7.43. The fourth-order valence-electron chi connectivity index (χ4n) is 2.12. The van der Waals surface area contributed by atoms with E-state index in [4.69, 9.17) is 10.5 Å². The van der Waals surface area contributed by atoms with Crippen LogP contribution in [0.5, 0.6) is 5.75 Å². The maximum atomic E-state index is 11.3. The largest absolute Gasteiger partial charge is 0.492 e. The van der Waals surface area contributed by atoms with Crippen LogP contribution in [0.3, 0.4) is 0 Å². The minimum absolute atomic E-state index is 0. The van der Waals surface area contributed by atoms with Crippen LogP contribution in [0.1, 0.15) is 25.8 Å². The Morgan fingerprint density at radius 1 is 1.45 bits per heavy atom. The van der Waals surface area contributed by atoms with Gasteiger partial charge in [-0.05, 0) is 44.0 Å². The van der Waals surface area contributed by atoms with E-state index in [1.807, 2.05) is 32.0 Å². The van der Waals surface area contributed by atoms with Gasteiger partial charge in [0.05, 0.1) is 6.54 Å². The number of anilines is 1. The van der Waals surface area contributed by atoms with E-state index in [1.165, 1.54) is 0 Å². The van der Waals surface area contributed by atoms with Crippen molar-refractivity contribution >= 4 is 41.5 Å². The van der Waals surface area contributed by atoms with Crippen molar-refractivity contribution in [1.29, 1.82) is 0 Å². The molecule has 1 aliphatic heterocycles. The van der Waals surface area contributed by atoms with E-state index in [2.05, 4.69) is 15.6 Å². The highest BCUT2D eigenvalue weighted by atomic mass is 127. The van der Waals surface area contributed by atoms with Gasteiger partial charge in [0.2, 0.25) is 5.91 Å². The second kappa shape index (κ2) is 8.82. The fourth-order valence-corrected chi connectivity index (χ4v) is 2.12. The van der Waals surface area contributed by atoms with E-state index >= 15 is 0 Å². The number of nitrogens with one attached hydrogen (secondary N) is 2. The molecule has 0 saturated heterocycles. The molecule has 0 fully saturated rings. The third-order valence-corrected chi connectivity index (χ3v) is 3.05. The molecule has 0 radical (unpaired) electrons. The van der Waals surface area contributed by atoms with Crippen molar-refractivity contribution in [3.8, 4) is 5.75 Å². The minimum Gasteiger partial charge on any atom is -0.492 e.